The van der Waals surface area contributed by atoms with Gasteiger partial charge in [-0.1, -0.05) is 0 Å². The average Bonchev–Trinajstić information content (AvgIpc) is 2.78. The van der Waals surface area contributed by atoms with E-state index in [1.165, 1.54) is 12.8 Å². The van der Waals surface area contributed by atoms with Crippen LogP contribution in [0.25, 0.3) is 0 Å². The highest BCUT2D eigenvalue weighted by molar-refractivity contribution is 5.20. The number of furan rings is 1. The molecule has 1 atom stereocenters. The first-order valence-corrected chi connectivity index (χ1v) is 7.96. The van der Waals surface area contributed by atoms with E-state index in [0.29, 0.717) is 13.2 Å². The molecule has 2 heterocycles. The quantitative estimate of drug-likeness (QED) is 0.871. The topological polar surface area (TPSA) is 43.6 Å². The molecule has 1 aromatic heterocycles. The molecule has 0 saturated carbocycles. The molecule has 1 aliphatic heterocycles. The fraction of sp³-hybridized carbons (Fsp3) is 0.765. The molecule has 1 unspecified atom stereocenters. The van der Waals surface area contributed by atoms with Gasteiger partial charge in [-0.3, -0.25) is 0 Å². The number of hydrogen-bond donors (Lipinski definition) is 1. The van der Waals surface area contributed by atoms with E-state index in [0.717, 1.165) is 36.7 Å². The maximum Gasteiger partial charge on any atom is 0.118 e. The third-order valence-electron chi connectivity index (χ3n) is 3.70. The zero-order valence-electron chi connectivity index (χ0n) is 13.8. The Kier molecular flexibility index (Phi) is 5.85. The van der Waals surface area contributed by atoms with Gasteiger partial charge in [0, 0.05) is 17.7 Å². The number of hydrogen-bond acceptors (Lipinski definition) is 4. The molecular formula is C17H29NO3. The lowest BCUT2D eigenvalue weighted by molar-refractivity contribution is -0.0449. The summed E-state index contributed by atoms with van der Waals surface area (Å²) in [4.78, 5) is 0. The predicted octanol–water partition coefficient (Wildman–Crippen LogP) is 3.56. The molecule has 0 aromatic carbocycles. The molecule has 0 radical (unpaired) electrons. The minimum Gasteiger partial charge on any atom is -0.465 e. The molecule has 1 aliphatic rings. The van der Waals surface area contributed by atoms with Crippen molar-refractivity contribution in [3.8, 4) is 0 Å². The second kappa shape index (κ2) is 7.43. The number of rotatable bonds is 6. The molecule has 1 aromatic rings. The third kappa shape index (κ3) is 5.81. The monoisotopic (exact) mass is 295 g/mol. The Labute approximate surface area is 128 Å². The van der Waals surface area contributed by atoms with E-state index < -0.39 is 0 Å². The summed E-state index contributed by atoms with van der Waals surface area (Å²) in [6, 6.07) is 2.09. The van der Waals surface area contributed by atoms with Crippen molar-refractivity contribution in [2.24, 2.45) is 0 Å². The normalized spacial score (nSPS) is 19.9. The maximum absolute atomic E-state index is 5.79. The Hall–Kier alpha value is -0.840. The van der Waals surface area contributed by atoms with Crippen molar-refractivity contribution in [2.75, 3.05) is 13.2 Å². The predicted molar refractivity (Wildman–Crippen MR) is 83.3 cm³/mol. The molecule has 0 amide bonds. The van der Waals surface area contributed by atoms with E-state index in [9.17, 15) is 0 Å². The lowest BCUT2D eigenvalue weighted by Gasteiger charge is -2.22. The first-order chi connectivity index (χ1) is 9.94. The van der Waals surface area contributed by atoms with Crippen LogP contribution in [0, 0.1) is 6.92 Å². The van der Waals surface area contributed by atoms with Crippen LogP contribution >= 0.6 is 0 Å². The van der Waals surface area contributed by atoms with Crippen molar-refractivity contribution in [2.45, 2.75) is 71.8 Å². The van der Waals surface area contributed by atoms with Gasteiger partial charge in [-0.2, -0.15) is 0 Å². The van der Waals surface area contributed by atoms with Crippen LogP contribution in [-0.2, 0) is 22.6 Å². The van der Waals surface area contributed by atoms with Gasteiger partial charge in [0.2, 0.25) is 0 Å². The first kappa shape index (κ1) is 16.5. The standard InChI is InChI=1S/C17H29NO3/c1-13-14(9-16(21-13)10-18-17(2,3)4)11-19-12-15-7-5-6-8-20-15/h9,15,18H,5-8,10-12H2,1-4H3. The van der Waals surface area contributed by atoms with Crippen molar-refractivity contribution in [1.82, 2.24) is 5.32 Å². The number of aryl methyl sites for hydroxylation is 1. The van der Waals surface area contributed by atoms with Gasteiger partial charge in [-0.05, 0) is 53.0 Å². The largest absolute Gasteiger partial charge is 0.465 e. The lowest BCUT2D eigenvalue weighted by Crippen LogP contribution is -2.34. The van der Waals surface area contributed by atoms with Gasteiger partial charge in [0.25, 0.3) is 0 Å². The molecule has 2 rings (SSSR count). The molecule has 21 heavy (non-hydrogen) atoms. The van der Waals surface area contributed by atoms with E-state index in [2.05, 4.69) is 32.2 Å². The van der Waals surface area contributed by atoms with Crippen molar-refractivity contribution in [1.29, 1.82) is 0 Å². The molecule has 1 saturated heterocycles. The second-order valence-electron chi connectivity index (χ2n) is 6.90. The second-order valence-corrected chi connectivity index (χ2v) is 6.90. The van der Waals surface area contributed by atoms with Crippen molar-refractivity contribution in [3.63, 3.8) is 0 Å². The summed E-state index contributed by atoms with van der Waals surface area (Å²) in [7, 11) is 0. The van der Waals surface area contributed by atoms with Crippen LogP contribution in [0.2, 0.25) is 0 Å². The summed E-state index contributed by atoms with van der Waals surface area (Å²) >= 11 is 0. The molecule has 4 heteroatoms. The smallest absolute Gasteiger partial charge is 0.118 e. The summed E-state index contributed by atoms with van der Waals surface area (Å²) in [5.74, 6) is 1.92. The molecule has 1 fully saturated rings. The minimum atomic E-state index is 0.0929. The van der Waals surface area contributed by atoms with E-state index in [-0.39, 0.29) is 11.6 Å². The Morgan fingerprint density at radius 1 is 1.33 bits per heavy atom. The van der Waals surface area contributed by atoms with Crippen LogP contribution in [0.3, 0.4) is 0 Å². The van der Waals surface area contributed by atoms with Gasteiger partial charge in [-0.25, -0.2) is 0 Å². The minimum absolute atomic E-state index is 0.0929. The van der Waals surface area contributed by atoms with Crippen LogP contribution in [-0.4, -0.2) is 24.9 Å². The Morgan fingerprint density at radius 2 is 2.14 bits per heavy atom. The molecule has 4 nitrogen and oxygen atoms in total. The van der Waals surface area contributed by atoms with E-state index in [1.54, 1.807) is 0 Å². The summed E-state index contributed by atoms with van der Waals surface area (Å²) in [6.45, 7) is 11.4. The van der Waals surface area contributed by atoms with Gasteiger partial charge < -0.3 is 19.2 Å². The van der Waals surface area contributed by atoms with Crippen LogP contribution in [0.15, 0.2) is 10.5 Å². The van der Waals surface area contributed by atoms with E-state index in [4.69, 9.17) is 13.9 Å². The van der Waals surface area contributed by atoms with Gasteiger partial charge in [0.1, 0.15) is 11.5 Å². The van der Waals surface area contributed by atoms with E-state index in [1.807, 2.05) is 6.92 Å². The van der Waals surface area contributed by atoms with Crippen LogP contribution in [0.1, 0.15) is 57.1 Å². The zero-order chi connectivity index (χ0) is 15.3. The van der Waals surface area contributed by atoms with Crippen LogP contribution < -0.4 is 5.32 Å². The van der Waals surface area contributed by atoms with Gasteiger partial charge in [0.15, 0.2) is 0 Å². The molecular weight excluding hydrogens is 266 g/mol. The zero-order valence-corrected chi connectivity index (χ0v) is 13.8. The molecule has 120 valence electrons. The Bertz CT molecular complexity index is 428. The fourth-order valence-corrected chi connectivity index (χ4v) is 2.41. The summed E-state index contributed by atoms with van der Waals surface area (Å²) in [5, 5.41) is 3.43. The highest BCUT2D eigenvalue weighted by atomic mass is 16.5. The van der Waals surface area contributed by atoms with Crippen LogP contribution in [0.4, 0.5) is 0 Å². The van der Waals surface area contributed by atoms with E-state index >= 15 is 0 Å². The van der Waals surface area contributed by atoms with Crippen molar-refractivity contribution < 1.29 is 13.9 Å². The van der Waals surface area contributed by atoms with Crippen molar-refractivity contribution >= 4 is 0 Å². The van der Waals surface area contributed by atoms with Gasteiger partial charge in [0.05, 0.1) is 25.9 Å². The Balaban J connectivity index is 1.76. The maximum atomic E-state index is 5.79. The summed E-state index contributed by atoms with van der Waals surface area (Å²) < 4.78 is 17.2. The van der Waals surface area contributed by atoms with Gasteiger partial charge >= 0.3 is 0 Å². The number of nitrogens with one attached hydrogen (secondary N) is 1. The third-order valence-corrected chi connectivity index (χ3v) is 3.70. The van der Waals surface area contributed by atoms with Crippen LogP contribution in [0.5, 0.6) is 0 Å². The first-order valence-electron chi connectivity index (χ1n) is 7.96. The molecule has 1 N–H and O–H groups in total. The highest BCUT2D eigenvalue weighted by Gasteiger charge is 2.15. The fourth-order valence-electron chi connectivity index (χ4n) is 2.41. The lowest BCUT2D eigenvalue weighted by atomic mass is 10.1. The molecule has 0 aliphatic carbocycles. The highest BCUT2D eigenvalue weighted by Crippen LogP contribution is 2.18. The summed E-state index contributed by atoms with van der Waals surface area (Å²) in [6.07, 6.45) is 3.82. The molecule has 0 spiro atoms. The van der Waals surface area contributed by atoms with Crippen molar-refractivity contribution in [3.05, 3.63) is 23.2 Å². The molecule has 0 bridgehead atoms. The Morgan fingerprint density at radius 3 is 2.81 bits per heavy atom. The average molecular weight is 295 g/mol. The SMILES string of the molecule is Cc1oc(CNC(C)(C)C)cc1COCC1CCCCO1. The van der Waals surface area contributed by atoms with Gasteiger partial charge in [-0.15, -0.1) is 0 Å². The summed E-state index contributed by atoms with van der Waals surface area (Å²) in [5.41, 5.74) is 1.23. The number of ether oxygens (including phenoxy) is 2.